The van der Waals surface area contributed by atoms with Gasteiger partial charge in [0.15, 0.2) is 0 Å². The van der Waals surface area contributed by atoms with Gasteiger partial charge in [0.1, 0.15) is 5.82 Å². The second-order valence-corrected chi connectivity index (χ2v) is 6.50. The molecule has 5 heteroatoms. The summed E-state index contributed by atoms with van der Waals surface area (Å²) in [6, 6.07) is 5.35. The van der Waals surface area contributed by atoms with Crippen LogP contribution in [-0.2, 0) is 12.8 Å². The third-order valence-electron chi connectivity index (χ3n) is 3.27. The number of thiazole rings is 1. The van der Waals surface area contributed by atoms with E-state index in [2.05, 4.69) is 17.2 Å². The summed E-state index contributed by atoms with van der Waals surface area (Å²) in [4.78, 5) is 4.50. The minimum absolute atomic E-state index is 0.170. The largest absolute Gasteiger partial charge is 0.313 e. The number of benzene rings is 1. The zero-order valence-corrected chi connectivity index (χ0v) is 13.9. The van der Waals surface area contributed by atoms with Crippen molar-refractivity contribution in [1.82, 2.24) is 10.3 Å². The molecule has 2 aromatic rings. The third kappa shape index (κ3) is 4.77. The van der Waals surface area contributed by atoms with Gasteiger partial charge in [0, 0.05) is 23.5 Å². The SMILES string of the molecule is CCCNC(Cc1nc(C)cs1)Cc1cccc(Cl)c1F. The molecular formula is C16H20ClFN2S. The summed E-state index contributed by atoms with van der Waals surface area (Å²) >= 11 is 7.52. The standard InChI is InChI=1S/C16H20ClFN2S/c1-3-7-19-13(9-15-20-11(2)10-21-15)8-12-5-4-6-14(17)16(12)18/h4-6,10,13,19H,3,7-9H2,1-2H3. The predicted octanol–water partition coefficient (Wildman–Crippen LogP) is 4.40. The first-order valence-corrected chi connectivity index (χ1v) is 8.43. The molecule has 0 amide bonds. The molecule has 1 atom stereocenters. The first-order chi connectivity index (χ1) is 10.1. The van der Waals surface area contributed by atoms with Crippen molar-refractivity contribution in [3.8, 4) is 0 Å². The highest BCUT2D eigenvalue weighted by atomic mass is 35.5. The summed E-state index contributed by atoms with van der Waals surface area (Å²) in [5.74, 6) is -0.308. The molecule has 0 aliphatic heterocycles. The van der Waals surface area contributed by atoms with E-state index in [1.807, 2.05) is 12.3 Å². The molecule has 0 bridgehead atoms. The van der Waals surface area contributed by atoms with E-state index in [-0.39, 0.29) is 16.9 Å². The highest BCUT2D eigenvalue weighted by Gasteiger charge is 2.15. The van der Waals surface area contributed by atoms with Crippen molar-refractivity contribution in [2.24, 2.45) is 0 Å². The highest BCUT2D eigenvalue weighted by molar-refractivity contribution is 7.09. The molecule has 114 valence electrons. The molecule has 21 heavy (non-hydrogen) atoms. The Bertz CT molecular complexity index is 585. The van der Waals surface area contributed by atoms with Crippen LogP contribution in [0.4, 0.5) is 4.39 Å². The van der Waals surface area contributed by atoms with Crippen molar-refractivity contribution in [3.05, 3.63) is 50.7 Å². The number of hydrogen-bond donors (Lipinski definition) is 1. The van der Waals surface area contributed by atoms with Crippen LogP contribution in [0.15, 0.2) is 23.6 Å². The van der Waals surface area contributed by atoms with Gasteiger partial charge in [-0.05, 0) is 37.9 Å². The number of aryl methyl sites for hydroxylation is 1. The average molecular weight is 327 g/mol. The Hall–Kier alpha value is -0.970. The second kappa shape index (κ2) is 7.87. The Morgan fingerprint density at radius 1 is 1.38 bits per heavy atom. The van der Waals surface area contributed by atoms with Crippen LogP contribution in [0.3, 0.4) is 0 Å². The summed E-state index contributed by atoms with van der Waals surface area (Å²) < 4.78 is 14.1. The fourth-order valence-electron chi connectivity index (χ4n) is 2.24. The number of halogens is 2. The van der Waals surface area contributed by atoms with Crippen molar-refractivity contribution < 1.29 is 4.39 Å². The van der Waals surface area contributed by atoms with Crippen molar-refractivity contribution in [2.45, 2.75) is 39.2 Å². The Morgan fingerprint density at radius 2 is 2.19 bits per heavy atom. The number of aromatic nitrogens is 1. The molecule has 0 fully saturated rings. The molecule has 0 aliphatic rings. The van der Waals surface area contributed by atoms with Gasteiger partial charge in [-0.1, -0.05) is 30.7 Å². The van der Waals surface area contributed by atoms with E-state index in [1.165, 1.54) is 0 Å². The number of rotatable bonds is 7. The zero-order valence-electron chi connectivity index (χ0n) is 12.3. The Kier molecular flexibility index (Phi) is 6.15. The molecule has 1 aromatic carbocycles. The molecule has 2 rings (SSSR count). The molecule has 0 aliphatic carbocycles. The van der Waals surface area contributed by atoms with Crippen molar-refractivity contribution >= 4 is 22.9 Å². The topological polar surface area (TPSA) is 24.9 Å². The molecule has 1 heterocycles. The fraction of sp³-hybridized carbons (Fsp3) is 0.438. The molecule has 0 saturated carbocycles. The van der Waals surface area contributed by atoms with E-state index in [4.69, 9.17) is 11.6 Å². The smallest absolute Gasteiger partial charge is 0.145 e. The van der Waals surface area contributed by atoms with Crippen molar-refractivity contribution in [3.63, 3.8) is 0 Å². The summed E-state index contributed by atoms with van der Waals surface area (Å²) in [5, 5.41) is 6.80. The maximum atomic E-state index is 14.1. The van der Waals surface area contributed by atoms with Gasteiger partial charge in [-0.3, -0.25) is 0 Å². The maximum Gasteiger partial charge on any atom is 0.145 e. The van der Waals surface area contributed by atoms with Crippen LogP contribution in [0, 0.1) is 12.7 Å². The summed E-state index contributed by atoms with van der Waals surface area (Å²) in [5.41, 5.74) is 1.70. The third-order valence-corrected chi connectivity index (χ3v) is 4.55. The molecule has 0 radical (unpaired) electrons. The van der Waals surface area contributed by atoms with E-state index in [0.717, 1.165) is 30.1 Å². The molecule has 1 aromatic heterocycles. The van der Waals surface area contributed by atoms with Crippen molar-refractivity contribution in [2.75, 3.05) is 6.54 Å². The summed E-state index contributed by atoms with van der Waals surface area (Å²) in [6.45, 7) is 5.03. The lowest BCUT2D eigenvalue weighted by molar-refractivity contribution is 0.491. The Morgan fingerprint density at radius 3 is 2.86 bits per heavy atom. The first kappa shape index (κ1) is 16.4. The Balaban J connectivity index is 2.10. The number of nitrogens with one attached hydrogen (secondary N) is 1. The molecule has 0 spiro atoms. The lowest BCUT2D eigenvalue weighted by atomic mass is 10.0. The van der Waals surface area contributed by atoms with Gasteiger partial charge in [-0.2, -0.15) is 0 Å². The lowest BCUT2D eigenvalue weighted by Crippen LogP contribution is -2.34. The Labute approximate surface area is 134 Å². The van der Waals surface area contributed by atoms with Gasteiger partial charge < -0.3 is 5.32 Å². The highest BCUT2D eigenvalue weighted by Crippen LogP contribution is 2.20. The van der Waals surface area contributed by atoms with Crippen LogP contribution < -0.4 is 5.32 Å². The zero-order chi connectivity index (χ0) is 15.2. The van der Waals surface area contributed by atoms with Gasteiger partial charge in [0.2, 0.25) is 0 Å². The average Bonchev–Trinajstić information content (AvgIpc) is 2.86. The van der Waals surface area contributed by atoms with E-state index >= 15 is 0 Å². The minimum Gasteiger partial charge on any atom is -0.313 e. The molecule has 2 nitrogen and oxygen atoms in total. The monoisotopic (exact) mass is 326 g/mol. The van der Waals surface area contributed by atoms with Crippen LogP contribution in [0.25, 0.3) is 0 Å². The van der Waals surface area contributed by atoms with Crippen LogP contribution >= 0.6 is 22.9 Å². The van der Waals surface area contributed by atoms with E-state index in [0.29, 0.717) is 12.0 Å². The quantitative estimate of drug-likeness (QED) is 0.816. The van der Waals surface area contributed by atoms with Gasteiger partial charge in [-0.25, -0.2) is 9.37 Å². The van der Waals surface area contributed by atoms with E-state index in [1.54, 1.807) is 29.5 Å². The van der Waals surface area contributed by atoms with E-state index in [9.17, 15) is 4.39 Å². The first-order valence-electron chi connectivity index (χ1n) is 7.17. The summed E-state index contributed by atoms with van der Waals surface area (Å²) in [6.07, 6.45) is 2.47. The molecular weight excluding hydrogens is 307 g/mol. The molecule has 1 N–H and O–H groups in total. The summed E-state index contributed by atoms with van der Waals surface area (Å²) in [7, 11) is 0. The van der Waals surface area contributed by atoms with Gasteiger partial charge >= 0.3 is 0 Å². The fourth-order valence-corrected chi connectivity index (χ4v) is 3.29. The number of nitrogens with zero attached hydrogens (tertiary/aromatic N) is 1. The molecule has 0 saturated heterocycles. The van der Waals surface area contributed by atoms with Gasteiger partial charge in [0.05, 0.1) is 10.0 Å². The van der Waals surface area contributed by atoms with E-state index < -0.39 is 0 Å². The van der Waals surface area contributed by atoms with Crippen LogP contribution in [0.5, 0.6) is 0 Å². The van der Waals surface area contributed by atoms with Crippen LogP contribution in [0.1, 0.15) is 29.6 Å². The predicted molar refractivity (Wildman–Crippen MR) is 87.8 cm³/mol. The maximum absolute atomic E-state index is 14.1. The van der Waals surface area contributed by atoms with Gasteiger partial charge in [-0.15, -0.1) is 11.3 Å². The minimum atomic E-state index is -0.308. The van der Waals surface area contributed by atoms with Crippen LogP contribution in [-0.4, -0.2) is 17.6 Å². The second-order valence-electron chi connectivity index (χ2n) is 5.15. The van der Waals surface area contributed by atoms with Crippen molar-refractivity contribution in [1.29, 1.82) is 0 Å². The number of hydrogen-bond acceptors (Lipinski definition) is 3. The lowest BCUT2D eigenvalue weighted by Gasteiger charge is -2.18. The van der Waals surface area contributed by atoms with Crippen LogP contribution in [0.2, 0.25) is 5.02 Å². The van der Waals surface area contributed by atoms with Gasteiger partial charge in [0.25, 0.3) is 0 Å². The normalized spacial score (nSPS) is 12.6. The molecule has 1 unspecified atom stereocenters.